The summed E-state index contributed by atoms with van der Waals surface area (Å²) in [5.74, 6) is -3.29. The van der Waals surface area contributed by atoms with E-state index in [0.29, 0.717) is 48.3 Å². The fraction of sp³-hybridized carbons (Fsp3) is 0.830. The van der Waals surface area contributed by atoms with E-state index in [-0.39, 0.29) is 16.9 Å². The summed E-state index contributed by atoms with van der Waals surface area (Å²) in [6.45, 7) is 17.1. The van der Waals surface area contributed by atoms with E-state index in [1.165, 1.54) is 19.4 Å². The number of ether oxygens (including phenoxy) is 13. The molecule has 408 valence electrons. The van der Waals surface area contributed by atoms with Gasteiger partial charge in [-0.25, -0.2) is 0 Å². The van der Waals surface area contributed by atoms with Crippen molar-refractivity contribution in [2.24, 2.45) is 46.3 Å². The molecule has 0 bridgehead atoms. The van der Waals surface area contributed by atoms with E-state index >= 15 is 0 Å². The number of carbonyl (C=O) groups excluding carboxylic acids is 7. The summed E-state index contributed by atoms with van der Waals surface area (Å²) >= 11 is 0. The van der Waals surface area contributed by atoms with Gasteiger partial charge in [-0.15, -0.1) is 0 Å². The first-order chi connectivity index (χ1) is 34.4. The van der Waals surface area contributed by atoms with E-state index in [1.807, 2.05) is 0 Å². The van der Waals surface area contributed by atoms with Gasteiger partial charge in [0.15, 0.2) is 48.9 Å². The Kier molecular flexibility index (Phi) is 16.4. The van der Waals surface area contributed by atoms with Crippen LogP contribution in [0, 0.1) is 46.3 Å². The molecule has 0 N–H and O–H groups in total. The van der Waals surface area contributed by atoms with Crippen LogP contribution in [0.2, 0.25) is 0 Å². The second-order valence-corrected chi connectivity index (χ2v) is 22.4. The quantitative estimate of drug-likeness (QED) is 0.128. The summed E-state index contributed by atoms with van der Waals surface area (Å²) in [6.07, 6.45) is -4.86. The first-order valence-corrected chi connectivity index (χ1v) is 26.2. The minimum Gasteiger partial charge on any atom is -0.463 e. The maximum absolute atomic E-state index is 13.1. The van der Waals surface area contributed by atoms with Crippen molar-refractivity contribution in [3.8, 4) is 0 Å². The van der Waals surface area contributed by atoms with Gasteiger partial charge in [0.2, 0.25) is 0 Å². The monoisotopic (exact) mass is 1030 g/mol. The van der Waals surface area contributed by atoms with E-state index in [0.717, 1.165) is 86.2 Å². The van der Waals surface area contributed by atoms with E-state index in [9.17, 15) is 33.6 Å². The molecule has 21 atom stereocenters. The molecule has 4 aliphatic heterocycles. The fourth-order valence-corrected chi connectivity index (χ4v) is 14.5. The lowest BCUT2D eigenvalue weighted by atomic mass is 9.47. The Morgan fingerprint density at radius 3 is 1.68 bits per heavy atom. The first-order valence-electron chi connectivity index (χ1n) is 26.2. The van der Waals surface area contributed by atoms with Crippen molar-refractivity contribution < 1.29 is 95.1 Å². The van der Waals surface area contributed by atoms with Gasteiger partial charge in [0.1, 0.15) is 31.5 Å². The number of esters is 7. The van der Waals surface area contributed by atoms with Crippen molar-refractivity contribution >= 4 is 41.8 Å². The van der Waals surface area contributed by atoms with Crippen LogP contribution in [0.1, 0.15) is 134 Å². The Morgan fingerprint density at radius 2 is 1.14 bits per heavy atom. The van der Waals surface area contributed by atoms with Gasteiger partial charge >= 0.3 is 41.8 Å². The summed E-state index contributed by atoms with van der Waals surface area (Å²) in [5, 5.41) is 0. The van der Waals surface area contributed by atoms with Gasteiger partial charge in [-0.2, -0.15) is 0 Å². The highest BCUT2D eigenvalue weighted by Crippen LogP contribution is 2.70. The third-order valence-electron chi connectivity index (χ3n) is 17.5. The summed E-state index contributed by atoms with van der Waals surface area (Å²) in [7, 11) is 0. The minimum absolute atomic E-state index is 0.0812. The van der Waals surface area contributed by atoms with Crippen LogP contribution in [0.4, 0.5) is 0 Å². The summed E-state index contributed by atoms with van der Waals surface area (Å²) in [5.41, 5.74) is 1.38. The molecule has 7 fully saturated rings. The predicted molar refractivity (Wildman–Crippen MR) is 250 cm³/mol. The molecule has 0 aromatic rings. The molecule has 14 unspecified atom stereocenters. The lowest BCUT2D eigenvalue weighted by molar-refractivity contribution is -0.364. The molecule has 8 aliphatic rings. The highest BCUT2D eigenvalue weighted by Gasteiger charge is 2.69. The number of fused-ring (bicyclic) bond motifs is 7. The van der Waals surface area contributed by atoms with Crippen LogP contribution in [-0.2, 0) is 95.1 Å². The zero-order chi connectivity index (χ0) is 52.9. The highest BCUT2D eigenvalue weighted by atomic mass is 16.8. The van der Waals surface area contributed by atoms with E-state index in [2.05, 4.69) is 33.8 Å². The van der Waals surface area contributed by atoms with E-state index < -0.39 is 128 Å². The molecule has 0 aromatic carbocycles. The molecule has 20 heteroatoms. The topological polar surface area (TPSA) is 239 Å². The van der Waals surface area contributed by atoms with Crippen LogP contribution < -0.4 is 0 Å². The second-order valence-electron chi connectivity index (χ2n) is 22.4. The summed E-state index contributed by atoms with van der Waals surface area (Å²) in [4.78, 5) is 88.2. The van der Waals surface area contributed by atoms with Crippen LogP contribution >= 0.6 is 0 Å². The molecule has 4 heterocycles. The SMILES string of the molecule is CC(=O)OCC1OC(OC2C(COC(C)=O)OC(O[C@H]3CC[C@@]4(C)C(=CCC5C4CC[C@]4(C)C6C(C[C@@H]54)O[C@]4(CC[C@@H](C)CO4)[C@H]6C)C3)C(OC(C)=O)C2OC(C)=O)C(OC(C)=O)C(OC(C)=O)C1OC(C)=O. The largest absolute Gasteiger partial charge is 0.463 e. The Bertz CT molecular complexity index is 2130. The zero-order valence-corrected chi connectivity index (χ0v) is 44.1. The van der Waals surface area contributed by atoms with E-state index in [4.69, 9.17) is 61.6 Å². The number of carbonyl (C=O) groups is 7. The summed E-state index contributed by atoms with van der Waals surface area (Å²) < 4.78 is 79.0. The molecule has 8 rings (SSSR count). The molecule has 0 radical (unpaired) electrons. The fourth-order valence-electron chi connectivity index (χ4n) is 14.5. The maximum atomic E-state index is 13.1. The number of allylic oxidation sites excluding steroid dienone is 1. The maximum Gasteiger partial charge on any atom is 0.303 e. The summed E-state index contributed by atoms with van der Waals surface area (Å²) in [6, 6.07) is 0. The third-order valence-corrected chi connectivity index (χ3v) is 17.5. The highest BCUT2D eigenvalue weighted by molar-refractivity contribution is 5.69. The Morgan fingerprint density at radius 1 is 0.603 bits per heavy atom. The average molecular weight is 1030 g/mol. The van der Waals surface area contributed by atoms with Gasteiger partial charge in [-0.1, -0.05) is 39.3 Å². The second kappa shape index (κ2) is 21.8. The van der Waals surface area contributed by atoms with Crippen LogP contribution in [-0.4, -0.2) is 141 Å². The van der Waals surface area contributed by atoms with Crippen molar-refractivity contribution in [1.82, 2.24) is 0 Å². The molecule has 1 spiro atoms. The molecule has 3 saturated carbocycles. The van der Waals surface area contributed by atoms with Gasteiger partial charge < -0.3 is 61.6 Å². The predicted octanol–water partition coefficient (Wildman–Crippen LogP) is 5.36. The number of rotatable bonds is 13. The molecule has 73 heavy (non-hydrogen) atoms. The molecule has 0 amide bonds. The molecule has 4 aliphatic carbocycles. The van der Waals surface area contributed by atoms with E-state index in [1.54, 1.807) is 0 Å². The van der Waals surface area contributed by atoms with Crippen molar-refractivity contribution in [3.63, 3.8) is 0 Å². The van der Waals surface area contributed by atoms with Crippen LogP contribution in [0.25, 0.3) is 0 Å². The van der Waals surface area contributed by atoms with Gasteiger partial charge in [0, 0.05) is 60.8 Å². The zero-order valence-electron chi connectivity index (χ0n) is 44.1. The smallest absolute Gasteiger partial charge is 0.303 e. The van der Waals surface area contributed by atoms with Gasteiger partial charge in [-0.05, 0) is 91.8 Å². The Hall–Kier alpha value is -4.21. The first kappa shape index (κ1) is 55.0. The molecule has 0 aromatic heterocycles. The minimum atomic E-state index is -1.79. The Balaban J connectivity index is 1.05. The average Bonchev–Trinajstić information content (AvgIpc) is 3.75. The number of hydrogen-bond donors (Lipinski definition) is 0. The van der Waals surface area contributed by atoms with Gasteiger partial charge in [0.25, 0.3) is 0 Å². The molecular weight excluding hydrogens is 957 g/mol. The lowest BCUT2D eigenvalue weighted by Crippen LogP contribution is -2.67. The van der Waals surface area contributed by atoms with Gasteiger partial charge in [-0.3, -0.25) is 33.6 Å². The number of hydrogen-bond acceptors (Lipinski definition) is 20. The normalized spacial score (nSPS) is 43.6. The standard InChI is InChI=1S/C53H76O20/c1-25-14-19-53(63-22-25)26(2)42-39(73-53)21-38-36-13-12-34-20-35(15-17-51(34,10)37(36)16-18-52(38,42)11)69-49-47(67-32(8)59)46(66-31(7)58)44(41(70-49)24-62-28(4)55)72-50-48(68-33(9)60)45(65-30(6)57)43(64-29(5)56)40(71-50)23-61-27(3)54/h12,25-26,35-50H,13-24H2,1-11H3/t25-,26+,35+,36?,37?,38+,39?,40?,41?,42?,43?,44?,45?,46?,47?,48?,49?,50?,51+,52+,53-/m1/s1. The van der Waals surface area contributed by atoms with Crippen LogP contribution in [0.5, 0.6) is 0 Å². The van der Waals surface area contributed by atoms with Crippen molar-refractivity contribution in [2.45, 2.75) is 213 Å². The lowest BCUT2D eigenvalue weighted by Gasteiger charge is -2.58. The molecule has 20 nitrogen and oxygen atoms in total. The third kappa shape index (κ3) is 11.2. The van der Waals surface area contributed by atoms with Crippen molar-refractivity contribution in [2.75, 3.05) is 19.8 Å². The van der Waals surface area contributed by atoms with Crippen molar-refractivity contribution in [1.29, 1.82) is 0 Å². The van der Waals surface area contributed by atoms with Crippen LogP contribution in [0.3, 0.4) is 0 Å². The van der Waals surface area contributed by atoms with Gasteiger partial charge in [0.05, 0.1) is 18.8 Å². The van der Waals surface area contributed by atoms with Crippen molar-refractivity contribution in [3.05, 3.63) is 11.6 Å². The van der Waals surface area contributed by atoms with Crippen LogP contribution in [0.15, 0.2) is 11.6 Å². The molecule has 4 saturated heterocycles. The Labute approximate surface area is 427 Å². The molecular formula is C53H76O20.